The third-order valence-corrected chi connectivity index (χ3v) is 6.75. The number of aliphatic hydroxyl groups is 1. The van der Waals surface area contributed by atoms with Crippen molar-refractivity contribution in [2.24, 2.45) is 22.7 Å². The van der Waals surface area contributed by atoms with Gasteiger partial charge in [0.15, 0.2) is 0 Å². The molecule has 0 amide bonds. The van der Waals surface area contributed by atoms with Crippen LogP contribution in [0.5, 0.6) is 0 Å². The average Bonchev–Trinajstić information content (AvgIpc) is 2.46. The predicted molar refractivity (Wildman–Crippen MR) is 86.1 cm³/mol. The molecule has 0 spiro atoms. The Labute approximate surface area is 133 Å². The number of fused-ring (bicyclic) bond motifs is 3. The van der Waals surface area contributed by atoms with Gasteiger partial charge in [-0.25, -0.2) is 0 Å². The van der Waals surface area contributed by atoms with Gasteiger partial charge in [0.2, 0.25) is 0 Å². The van der Waals surface area contributed by atoms with E-state index in [0.29, 0.717) is 12.3 Å². The van der Waals surface area contributed by atoms with E-state index in [0.717, 1.165) is 32.1 Å². The molecule has 3 rings (SSSR count). The van der Waals surface area contributed by atoms with Crippen molar-refractivity contribution in [3.05, 3.63) is 30.7 Å². The maximum Gasteiger partial charge on any atom is 0.309 e. The molecule has 5 atom stereocenters. The van der Waals surface area contributed by atoms with Crippen molar-refractivity contribution in [1.82, 2.24) is 0 Å². The van der Waals surface area contributed by atoms with Gasteiger partial charge in [0.1, 0.15) is 5.60 Å². The van der Waals surface area contributed by atoms with Gasteiger partial charge in [-0.15, -0.1) is 0 Å². The molecule has 0 aromatic rings. The first-order valence-electron chi connectivity index (χ1n) is 8.39. The van der Waals surface area contributed by atoms with Crippen LogP contribution in [0.15, 0.2) is 24.3 Å². The lowest BCUT2D eigenvalue weighted by atomic mass is 9.45. The number of carbonyl (C=O) groups is 1. The Kier molecular flexibility index (Phi) is 3.56. The molecule has 0 saturated heterocycles. The van der Waals surface area contributed by atoms with Gasteiger partial charge in [0.05, 0.1) is 5.41 Å². The molecule has 1 radical (unpaired) electrons. The van der Waals surface area contributed by atoms with Crippen LogP contribution >= 0.6 is 0 Å². The first-order valence-corrected chi connectivity index (χ1v) is 8.39. The lowest BCUT2D eigenvalue weighted by Gasteiger charge is -2.58. The predicted octanol–water partition coefficient (Wildman–Crippen LogP) is 3.75. The van der Waals surface area contributed by atoms with E-state index in [1.54, 1.807) is 6.08 Å². The normalized spacial score (nSPS) is 47.9. The molecule has 3 nitrogen and oxygen atoms in total. The van der Waals surface area contributed by atoms with E-state index in [1.807, 2.05) is 13.0 Å². The summed E-state index contributed by atoms with van der Waals surface area (Å²) in [5.74, 6) is -0.157. The molecule has 3 heteroatoms. The molecule has 2 saturated carbocycles. The highest BCUT2D eigenvalue weighted by atomic mass is 16.4. The molecular weight excluding hydrogens is 276 g/mol. The number of aliphatic carboxylic acids is 1. The van der Waals surface area contributed by atoms with Gasteiger partial charge in [0.25, 0.3) is 0 Å². The van der Waals surface area contributed by atoms with Crippen molar-refractivity contribution < 1.29 is 15.0 Å². The van der Waals surface area contributed by atoms with Crippen molar-refractivity contribution in [2.45, 2.75) is 58.0 Å². The standard InChI is InChI=1S/C19H27O3/c1-4-19(22)11-8-14-13(12-19)6-7-15-17(14,2)9-5-10-18(15,3)16(20)21/h4,7,12,14-15,22H,1,5-6,8-11H2,2-3H3,(H,20,21)/t14-,15?,17+,18-,19-/m0/s1. The highest BCUT2D eigenvalue weighted by Crippen LogP contribution is 2.63. The fraction of sp³-hybridized carbons (Fsp3) is 0.684. The Hall–Kier alpha value is -1.09. The third-order valence-electron chi connectivity index (χ3n) is 6.75. The second-order valence-electron chi connectivity index (χ2n) is 8.01. The van der Waals surface area contributed by atoms with Crippen molar-refractivity contribution in [3.8, 4) is 0 Å². The van der Waals surface area contributed by atoms with E-state index in [4.69, 9.17) is 0 Å². The zero-order valence-electron chi connectivity index (χ0n) is 13.6. The van der Waals surface area contributed by atoms with E-state index >= 15 is 0 Å². The summed E-state index contributed by atoms with van der Waals surface area (Å²) >= 11 is 0. The van der Waals surface area contributed by atoms with E-state index in [2.05, 4.69) is 19.9 Å². The largest absolute Gasteiger partial charge is 0.481 e. The van der Waals surface area contributed by atoms with E-state index in [9.17, 15) is 15.0 Å². The van der Waals surface area contributed by atoms with Crippen LogP contribution in [0.2, 0.25) is 0 Å². The quantitative estimate of drug-likeness (QED) is 0.764. The minimum absolute atomic E-state index is 0.00201. The van der Waals surface area contributed by atoms with Gasteiger partial charge in [-0.1, -0.05) is 31.6 Å². The molecule has 0 aromatic carbocycles. The Morgan fingerprint density at radius 3 is 2.73 bits per heavy atom. The average molecular weight is 303 g/mol. The van der Waals surface area contributed by atoms with Gasteiger partial charge in [-0.05, 0) is 68.8 Å². The Morgan fingerprint density at radius 2 is 2.09 bits per heavy atom. The van der Waals surface area contributed by atoms with Crippen molar-refractivity contribution >= 4 is 5.97 Å². The Morgan fingerprint density at radius 1 is 1.36 bits per heavy atom. The van der Waals surface area contributed by atoms with Crippen LogP contribution in [-0.2, 0) is 4.79 Å². The van der Waals surface area contributed by atoms with Crippen LogP contribution in [0.1, 0.15) is 52.4 Å². The Balaban J connectivity index is 1.99. The van der Waals surface area contributed by atoms with Gasteiger partial charge < -0.3 is 10.2 Å². The molecule has 1 unspecified atom stereocenters. The van der Waals surface area contributed by atoms with Gasteiger partial charge >= 0.3 is 5.97 Å². The van der Waals surface area contributed by atoms with Gasteiger partial charge in [0, 0.05) is 0 Å². The molecule has 22 heavy (non-hydrogen) atoms. The summed E-state index contributed by atoms with van der Waals surface area (Å²) in [5.41, 5.74) is -0.252. The number of rotatable bonds is 2. The summed E-state index contributed by atoms with van der Waals surface area (Å²) < 4.78 is 0. The van der Waals surface area contributed by atoms with Gasteiger partial charge in [-0.3, -0.25) is 4.79 Å². The van der Waals surface area contributed by atoms with Gasteiger partial charge in [-0.2, -0.15) is 0 Å². The highest BCUT2D eigenvalue weighted by molar-refractivity contribution is 5.75. The monoisotopic (exact) mass is 303 g/mol. The first kappa shape index (κ1) is 15.8. The summed E-state index contributed by atoms with van der Waals surface area (Å²) in [6.45, 7) is 7.95. The zero-order valence-corrected chi connectivity index (χ0v) is 13.6. The van der Waals surface area contributed by atoms with Crippen molar-refractivity contribution in [3.63, 3.8) is 0 Å². The lowest BCUT2D eigenvalue weighted by Crippen LogP contribution is -2.54. The molecule has 2 fully saturated rings. The second kappa shape index (κ2) is 4.95. The van der Waals surface area contributed by atoms with E-state index in [-0.39, 0.29) is 11.3 Å². The number of hydrogen-bond acceptors (Lipinski definition) is 2. The molecule has 2 N–H and O–H groups in total. The van der Waals surface area contributed by atoms with Crippen LogP contribution in [0.4, 0.5) is 0 Å². The SMILES string of the molecule is C=C[C@@]1(O)C=C2C[CH]C3[C@](C)(CCC[C@]3(C)C(=O)O)[C@H]2CC1. The minimum Gasteiger partial charge on any atom is -0.481 e. The second-order valence-corrected chi connectivity index (χ2v) is 8.01. The number of hydrogen-bond donors (Lipinski definition) is 2. The van der Waals surface area contributed by atoms with E-state index in [1.165, 1.54) is 5.57 Å². The van der Waals surface area contributed by atoms with Crippen molar-refractivity contribution in [2.75, 3.05) is 0 Å². The molecule has 121 valence electrons. The summed E-state index contributed by atoms with van der Waals surface area (Å²) in [4.78, 5) is 11.9. The molecule has 3 aliphatic carbocycles. The highest BCUT2D eigenvalue weighted by Gasteiger charge is 2.58. The maximum atomic E-state index is 11.9. The molecule has 0 aliphatic heterocycles. The first-order chi connectivity index (χ1) is 10.3. The molecular formula is C19H27O3. The van der Waals surface area contributed by atoms with Crippen LogP contribution in [0, 0.1) is 29.1 Å². The molecule has 3 aliphatic rings. The van der Waals surface area contributed by atoms with Crippen LogP contribution in [-0.4, -0.2) is 21.8 Å². The molecule has 0 aromatic heterocycles. The fourth-order valence-electron chi connectivity index (χ4n) is 5.46. The number of carboxylic acids is 1. The van der Waals surface area contributed by atoms with Crippen LogP contribution in [0.25, 0.3) is 0 Å². The summed E-state index contributed by atoms with van der Waals surface area (Å²) in [6.07, 6.45) is 11.0. The number of carboxylic acid groups (broad SMARTS) is 1. The van der Waals surface area contributed by atoms with Crippen molar-refractivity contribution in [1.29, 1.82) is 0 Å². The molecule has 0 bridgehead atoms. The Bertz CT molecular complexity index is 537. The fourth-order valence-corrected chi connectivity index (χ4v) is 5.46. The van der Waals surface area contributed by atoms with E-state index < -0.39 is 17.0 Å². The number of allylic oxidation sites excluding steroid dienone is 1. The lowest BCUT2D eigenvalue weighted by molar-refractivity contribution is -0.161. The third kappa shape index (κ3) is 2.09. The summed E-state index contributed by atoms with van der Waals surface area (Å²) in [6, 6.07) is 0. The minimum atomic E-state index is -0.881. The summed E-state index contributed by atoms with van der Waals surface area (Å²) in [7, 11) is 0. The molecule has 0 heterocycles. The van der Waals surface area contributed by atoms with Crippen LogP contribution in [0.3, 0.4) is 0 Å². The summed E-state index contributed by atoms with van der Waals surface area (Å²) in [5, 5.41) is 20.3. The van der Waals surface area contributed by atoms with Crippen LogP contribution < -0.4 is 0 Å². The smallest absolute Gasteiger partial charge is 0.309 e. The topological polar surface area (TPSA) is 57.5 Å². The maximum absolute atomic E-state index is 11.9. The zero-order chi connectivity index (χ0) is 16.2.